The standard InChI is InChI=1S/C17H31N3O2.ClH/c1-17(2,3)10-15(21)19-12-16(22)20-8-6-14(7-9-20)18-11-13-4-5-13;/h13-14,18H,4-12H2,1-3H3,(H,19,21);1H. The van der Waals surface area contributed by atoms with E-state index in [0.717, 1.165) is 38.4 Å². The molecule has 1 aliphatic carbocycles. The van der Waals surface area contributed by atoms with Gasteiger partial charge in [-0.3, -0.25) is 9.59 Å². The number of hydrogen-bond donors (Lipinski definition) is 2. The molecule has 2 amide bonds. The third-order valence-corrected chi connectivity index (χ3v) is 4.37. The zero-order chi connectivity index (χ0) is 16.2. The monoisotopic (exact) mass is 345 g/mol. The first-order valence-electron chi connectivity index (χ1n) is 8.61. The number of halogens is 1. The number of hydrogen-bond acceptors (Lipinski definition) is 3. The number of amides is 2. The maximum Gasteiger partial charge on any atom is 0.241 e. The van der Waals surface area contributed by atoms with Crippen molar-refractivity contribution in [2.24, 2.45) is 11.3 Å². The fourth-order valence-corrected chi connectivity index (χ4v) is 2.82. The van der Waals surface area contributed by atoms with E-state index in [0.29, 0.717) is 12.5 Å². The summed E-state index contributed by atoms with van der Waals surface area (Å²) in [5.41, 5.74) is -0.0430. The van der Waals surface area contributed by atoms with Gasteiger partial charge in [0.1, 0.15) is 0 Å². The molecule has 23 heavy (non-hydrogen) atoms. The summed E-state index contributed by atoms with van der Waals surface area (Å²) < 4.78 is 0. The third kappa shape index (κ3) is 8.02. The Morgan fingerprint density at radius 3 is 2.22 bits per heavy atom. The van der Waals surface area contributed by atoms with Crippen LogP contribution in [0.2, 0.25) is 0 Å². The van der Waals surface area contributed by atoms with Crippen molar-refractivity contribution in [2.75, 3.05) is 26.2 Å². The third-order valence-electron chi connectivity index (χ3n) is 4.37. The molecular formula is C17H32ClN3O2. The van der Waals surface area contributed by atoms with Gasteiger partial charge in [0.2, 0.25) is 11.8 Å². The Labute approximate surface area is 146 Å². The summed E-state index contributed by atoms with van der Waals surface area (Å²) in [6, 6.07) is 0.556. The molecule has 0 bridgehead atoms. The molecule has 6 heteroatoms. The van der Waals surface area contributed by atoms with Crippen molar-refractivity contribution in [3.63, 3.8) is 0 Å². The van der Waals surface area contributed by atoms with E-state index in [4.69, 9.17) is 0 Å². The second-order valence-electron chi connectivity index (χ2n) is 8.02. The summed E-state index contributed by atoms with van der Waals surface area (Å²) in [5, 5.41) is 6.36. The van der Waals surface area contributed by atoms with E-state index < -0.39 is 0 Å². The number of likely N-dealkylation sites (tertiary alicyclic amines) is 1. The number of rotatable bonds is 6. The fraction of sp³-hybridized carbons (Fsp3) is 0.882. The number of nitrogens with zero attached hydrogens (tertiary/aromatic N) is 1. The summed E-state index contributed by atoms with van der Waals surface area (Å²) in [5.74, 6) is 0.905. The summed E-state index contributed by atoms with van der Waals surface area (Å²) in [6.45, 7) is 8.94. The van der Waals surface area contributed by atoms with Crippen LogP contribution in [0, 0.1) is 11.3 Å². The van der Waals surface area contributed by atoms with Gasteiger partial charge in [-0.25, -0.2) is 0 Å². The zero-order valence-corrected chi connectivity index (χ0v) is 15.5. The van der Waals surface area contributed by atoms with E-state index in [2.05, 4.69) is 10.6 Å². The highest BCUT2D eigenvalue weighted by atomic mass is 35.5. The Balaban J connectivity index is 0.00000264. The lowest BCUT2D eigenvalue weighted by Crippen LogP contribution is -2.48. The maximum atomic E-state index is 12.1. The lowest BCUT2D eigenvalue weighted by Gasteiger charge is -2.32. The smallest absolute Gasteiger partial charge is 0.241 e. The quantitative estimate of drug-likeness (QED) is 0.773. The largest absolute Gasteiger partial charge is 0.347 e. The average Bonchev–Trinajstić information content (AvgIpc) is 3.25. The van der Waals surface area contributed by atoms with Crippen LogP contribution >= 0.6 is 12.4 Å². The maximum absolute atomic E-state index is 12.1. The summed E-state index contributed by atoms with van der Waals surface area (Å²) in [6.07, 6.45) is 5.24. The minimum absolute atomic E-state index is 0. The van der Waals surface area contributed by atoms with Gasteiger partial charge in [0, 0.05) is 25.6 Å². The molecule has 2 N–H and O–H groups in total. The van der Waals surface area contributed by atoms with Crippen LogP contribution in [-0.2, 0) is 9.59 Å². The summed E-state index contributed by atoms with van der Waals surface area (Å²) in [7, 11) is 0. The molecule has 2 aliphatic rings. The Morgan fingerprint density at radius 2 is 1.70 bits per heavy atom. The molecule has 0 unspecified atom stereocenters. The SMILES string of the molecule is CC(C)(C)CC(=O)NCC(=O)N1CCC(NCC2CC2)CC1.Cl. The lowest BCUT2D eigenvalue weighted by molar-refractivity contribution is -0.134. The summed E-state index contributed by atoms with van der Waals surface area (Å²) in [4.78, 5) is 25.8. The van der Waals surface area contributed by atoms with Crippen molar-refractivity contribution >= 4 is 24.2 Å². The van der Waals surface area contributed by atoms with Crippen molar-refractivity contribution in [2.45, 2.75) is 58.9 Å². The van der Waals surface area contributed by atoms with Gasteiger partial charge in [-0.05, 0) is 43.6 Å². The van der Waals surface area contributed by atoms with Crippen LogP contribution in [0.1, 0.15) is 52.9 Å². The molecule has 0 aromatic heterocycles. The Morgan fingerprint density at radius 1 is 1.09 bits per heavy atom. The van der Waals surface area contributed by atoms with Gasteiger partial charge in [0.15, 0.2) is 0 Å². The van der Waals surface area contributed by atoms with Gasteiger partial charge in [0.05, 0.1) is 6.54 Å². The molecule has 1 aliphatic heterocycles. The van der Waals surface area contributed by atoms with Crippen LogP contribution in [-0.4, -0.2) is 48.9 Å². The zero-order valence-electron chi connectivity index (χ0n) is 14.7. The van der Waals surface area contributed by atoms with Gasteiger partial charge in [-0.15, -0.1) is 12.4 Å². The van der Waals surface area contributed by atoms with E-state index in [1.165, 1.54) is 12.8 Å². The second-order valence-corrected chi connectivity index (χ2v) is 8.02. The van der Waals surface area contributed by atoms with Crippen molar-refractivity contribution in [1.29, 1.82) is 0 Å². The van der Waals surface area contributed by atoms with E-state index in [1.54, 1.807) is 0 Å². The Hall–Kier alpha value is -0.810. The van der Waals surface area contributed by atoms with Crippen LogP contribution in [0.25, 0.3) is 0 Å². The molecule has 1 saturated heterocycles. The van der Waals surface area contributed by atoms with Crippen molar-refractivity contribution < 1.29 is 9.59 Å². The molecule has 0 radical (unpaired) electrons. The van der Waals surface area contributed by atoms with Gasteiger partial charge < -0.3 is 15.5 Å². The minimum atomic E-state index is -0.0430. The minimum Gasteiger partial charge on any atom is -0.347 e. The predicted octanol–water partition coefficient (Wildman–Crippen LogP) is 1.95. The molecule has 2 rings (SSSR count). The number of nitrogens with one attached hydrogen (secondary N) is 2. The molecule has 134 valence electrons. The topological polar surface area (TPSA) is 61.4 Å². The van der Waals surface area contributed by atoms with E-state index >= 15 is 0 Å². The van der Waals surface area contributed by atoms with E-state index in [1.807, 2.05) is 25.7 Å². The normalized spacial score (nSPS) is 19.2. The van der Waals surface area contributed by atoms with Gasteiger partial charge in [0.25, 0.3) is 0 Å². The van der Waals surface area contributed by atoms with Crippen LogP contribution in [0.3, 0.4) is 0 Å². The molecule has 2 fully saturated rings. The highest BCUT2D eigenvalue weighted by molar-refractivity contribution is 5.85. The highest BCUT2D eigenvalue weighted by Crippen LogP contribution is 2.28. The van der Waals surface area contributed by atoms with Crippen molar-refractivity contribution in [1.82, 2.24) is 15.5 Å². The predicted molar refractivity (Wildman–Crippen MR) is 94.7 cm³/mol. The molecule has 0 aromatic rings. The van der Waals surface area contributed by atoms with Gasteiger partial charge >= 0.3 is 0 Å². The van der Waals surface area contributed by atoms with Gasteiger partial charge in [-0.2, -0.15) is 0 Å². The van der Waals surface area contributed by atoms with E-state index in [-0.39, 0.29) is 36.2 Å². The lowest BCUT2D eigenvalue weighted by atomic mass is 9.92. The first-order valence-corrected chi connectivity index (χ1v) is 8.61. The highest BCUT2D eigenvalue weighted by Gasteiger charge is 2.26. The Bertz CT molecular complexity index is 397. The molecule has 1 heterocycles. The van der Waals surface area contributed by atoms with Crippen molar-refractivity contribution in [3.05, 3.63) is 0 Å². The van der Waals surface area contributed by atoms with Crippen LogP contribution in [0.15, 0.2) is 0 Å². The van der Waals surface area contributed by atoms with Gasteiger partial charge in [-0.1, -0.05) is 20.8 Å². The van der Waals surface area contributed by atoms with Crippen LogP contribution in [0.5, 0.6) is 0 Å². The number of piperidine rings is 1. The second kappa shape index (κ2) is 8.88. The van der Waals surface area contributed by atoms with Crippen LogP contribution in [0.4, 0.5) is 0 Å². The number of carbonyl (C=O) groups excluding carboxylic acids is 2. The molecule has 0 atom stereocenters. The fourth-order valence-electron chi connectivity index (χ4n) is 2.82. The molecule has 0 aromatic carbocycles. The molecule has 5 nitrogen and oxygen atoms in total. The molecule has 0 spiro atoms. The summed E-state index contributed by atoms with van der Waals surface area (Å²) >= 11 is 0. The van der Waals surface area contributed by atoms with E-state index in [9.17, 15) is 9.59 Å². The number of carbonyl (C=O) groups is 2. The average molecular weight is 346 g/mol. The first-order chi connectivity index (χ1) is 10.3. The molecule has 1 saturated carbocycles. The van der Waals surface area contributed by atoms with Crippen molar-refractivity contribution in [3.8, 4) is 0 Å². The Kier molecular flexibility index (Phi) is 7.81. The van der Waals surface area contributed by atoms with Crippen LogP contribution < -0.4 is 10.6 Å². The molecular weight excluding hydrogens is 314 g/mol. The first kappa shape index (κ1) is 20.2.